The lowest BCUT2D eigenvalue weighted by Gasteiger charge is -2.24. The molecule has 1 aromatic rings. The van der Waals surface area contributed by atoms with Crippen LogP contribution in [-0.4, -0.2) is 41.6 Å². The van der Waals surface area contributed by atoms with E-state index < -0.39 is 0 Å². The van der Waals surface area contributed by atoms with E-state index >= 15 is 0 Å². The van der Waals surface area contributed by atoms with Crippen LogP contribution in [0, 0.1) is 11.8 Å². The van der Waals surface area contributed by atoms with Crippen LogP contribution in [-0.2, 0) is 20.9 Å². The first-order valence-corrected chi connectivity index (χ1v) is 6.30. The number of carbonyl (C=O) groups is 2. The summed E-state index contributed by atoms with van der Waals surface area (Å²) in [7, 11) is 0. The molecule has 1 heterocycles. The maximum absolute atomic E-state index is 11.6. The van der Waals surface area contributed by atoms with Gasteiger partial charge in [-0.25, -0.2) is 0 Å². The molecule has 0 spiro atoms. The number of hydrogen-bond acceptors (Lipinski definition) is 4. The van der Waals surface area contributed by atoms with Crippen LogP contribution in [0.3, 0.4) is 0 Å². The van der Waals surface area contributed by atoms with Gasteiger partial charge >= 0.3 is 0 Å². The number of benzene rings is 1. The quantitative estimate of drug-likeness (QED) is 0.635. The molecule has 2 rings (SSSR count). The molecule has 2 amide bonds. The largest absolute Gasteiger partial charge is 0.395 e. The molecule has 0 aliphatic carbocycles. The zero-order chi connectivity index (χ0) is 14.4. The number of nitrogens with zero attached hydrogens (tertiary/aromatic N) is 1. The van der Waals surface area contributed by atoms with Crippen molar-refractivity contribution in [3.63, 3.8) is 0 Å². The zero-order valence-corrected chi connectivity index (χ0v) is 11.0. The van der Waals surface area contributed by atoms with Crippen LogP contribution in [0.4, 0.5) is 0 Å². The average molecular weight is 273 g/mol. The van der Waals surface area contributed by atoms with E-state index in [1.807, 2.05) is 24.3 Å². The van der Waals surface area contributed by atoms with Crippen molar-refractivity contribution in [1.29, 1.82) is 0 Å². The van der Waals surface area contributed by atoms with Gasteiger partial charge in [-0.05, 0) is 17.7 Å². The molecule has 1 aromatic carbocycles. The van der Waals surface area contributed by atoms with Crippen molar-refractivity contribution in [2.75, 3.05) is 19.8 Å². The summed E-state index contributed by atoms with van der Waals surface area (Å²) in [6.45, 7) is 0.213. The van der Waals surface area contributed by atoms with Gasteiger partial charge in [-0.3, -0.25) is 14.5 Å². The Bertz CT molecular complexity index is 537. The Morgan fingerprint density at radius 2 is 1.80 bits per heavy atom. The fraction of sp³-hybridized carbons (Fsp3) is 0.333. The number of aliphatic hydroxyl groups excluding tert-OH is 1. The van der Waals surface area contributed by atoms with Crippen molar-refractivity contribution in [1.82, 2.24) is 4.90 Å². The van der Waals surface area contributed by atoms with Gasteiger partial charge in [0.25, 0.3) is 11.8 Å². The second-order valence-corrected chi connectivity index (χ2v) is 4.34. The van der Waals surface area contributed by atoms with Crippen molar-refractivity contribution in [2.45, 2.75) is 13.0 Å². The second-order valence-electron chi connectivity index (χ2n) is 4.34. The van der Waals surface area contributed by atoms with E-state index in [1.165, 1.54) is 4.90 Å². The highest BCUT2D eigenvalue weighted by atomic mass is 16.5. The Balaban J connectivity index is 2.02. The zero-order valence-electron chi connectivity index (χ0n) is 11.0. The molecule has 1 aliphatic heterocycles. The van der Waals surface area contributed by atoms with Crippen LogP contribution in [0.5, 0.6) is 0 Å². The van der Waals surface area contributed by atoms with E-state index in [4.69, 9.17) is 9.84 Å². The fourth-order valence-corrected chi connectivity index (χ4v) is 1.79. The number of ether oxygens (including phenoxy) is 1. The van der Waals surface area contributed by atoms with E-state index in [9.17, 15) is 9.59 Å². The molecule has 1 aliphatic rings. The lowest BCUT2D eigenvalue weighted by Crippen LogP contribution is -2.45. The number of rotatable bonds is 3. The Morgan fingerprint density at radius 1 is 1.15 bits per heavy atom. The van der Waals surface area contributed by atoms with Crippen LogP contribution >= 0.6 is 0 Å². The highest BCUT2D eigenvalue weighted by Crippen LogP contribution is 2.10. The van der Waals surface area contributed by atoms with Crippen LogP contribution in [0.1, 0.15) is 17.5 Å². The monoisotopic (exact) mass is 273 g/mol. The van der Waals surface area contributed by atoms with Gasteiger partial charge in [0, 0.05) is 12.0 Å². The lowest BCUT2D eigenvalue weighted by atomic mass is 10.1. The van der Waals surface area contributed by atoms with Gasteiger partial charge in [0.15, 0.2) is 0 Å². The van der Waals surface area contributed by atoms with Crippen molar-refractivity contribution < 1.29 is 19.4 Å². The normalized spacial score (nSPS) is 14.9. The van der Waals surface area contributed by atoms with Gasteiger partial charge in [-0.2, -0.15) is 0 Å². The predicted octanol–water partition coefficient (Wildman–Crippen LogP) is 0.306. The number of aliphatic hydroxyl groups is 1. The van der Waals surface area contributed by atoms with Gasteiger partial charge in [0.2, 0.25) is 0 Å². The first-order valence-electron chi connectivity index (χ1n) is 6.30. The molecule has 0 bridgehead atoms. The highest BCUT2D eigenvalue weighted by Gasteiger charge is 2.26. The molecular weight excluding hydrogens is 258 g/mol. The molecular formula is C15H15NO4. The third-order valence-corrected chi connectivity index (χ3v) is 2.82. The molecule has 20 heavy (non-hydrogen) atoms. The minimum Gasteiger partial charge on any atom is -0.395 e. The topological polar surface area (TPSA) is 66.8 Å². The van der Waals surface area contributed by atoms with Crippen LogP contribution in [0.2, 0.25) is 0 Å². The Labute approximate surface area is 117 Å². The molecule has 0 atom stereocenters. The Morgan fingerprint density at radius 3 is 2.40 bits per heavy atom. The standard InChI is InChI=1S/C15H15NO4/c17-8-2-1-3-12-4-6-13(7-5-12)9-16-14(18)10-20-11-15(16)19/h4-7,17H,2,8-11H2. The summed E-state index contributed by atoms with van der Waals surface area (Å²) in [5, 5.41) is 8.64. The number of morpholine rings is 1. The second kappa shape index (κ2) is 6.85. The minimum atomic E-state index is -0.312. The van der Waals surface area contributed by atoms with E-state index in [-0.39, 0.29) is 38.2 Å². The molecule has 1 N–H and O–H groups in total. The van der Waals surface area contributed by atoms with Gasteiger partial charge in [0.05, 0.1) is 13.2 Å². The summed E-state index contributed by atoms with van der Waals surface area (Å²) in [4.78, 5) is 24.4. The molecule has 5 heteroatoms. The van der Waals surface area contributed by atoms with E-state index in [0.29, 0.717) is 6.42 Å². The summed E-state index contributed by atoms with van der Waals surface area (Å²) in [5.41, 5.74) is 1.70. The highest BCUT2D eigenvalue weighted by molar-refractivity contribution is 5.98. The van der Waals surface area contributed by atoms with Gasteiger partial charge in [-0.1, -0.05) is 24.0 Å². The van der Waals surface area contributed by atoms with Gasteiger partial charge in [0.1, 0.15) is 13.2 Å². The minimum absolute atomic E-state index is 0.0452. The van der Waals surface area contributed by atoms with Crippen molar-refractivity contribution in [2.24, 2.45) is 0 Å². The maximum atomic E-state index is 11.6. The third kappa shape index (κ3) is 3.67. The number of carbonyl (C=O) groups excluding carboxylic acids is 2. The predicted molar refractivity (Wildman–Crippen MR) is 71.4 cm³/mol. The van der Waals surface area contributed by atoms with Crippen molar-refractivity contribution >= 4 is 11.8 Å². The molecule has 0 unspecified atom stereocenters. The molecule has 0 radical (unpaired) electrons. The van der Waals surface area contributed by atoms with Crippen LogP contribution in [0.15, 0.2) is 24.3 Å². The molecule has 0 aromatic heterocycles. The van der Waals surface area contributed by atoms with E-state index in [1.54, 1.807) is 0 Å². The van der Waals surface area contributed by atoms with E-state index in [2.05, 4.69) is 11.8 Å². The smallest absolute Gasteiger partial charge is 0.255 e. The first-order chi connectivity index (χ1) is 9.70. The van der Waals surface area contributed by atoms with E-state index in [0.717, 1.165) is 11.1 Å². The van der Waals surface area contributed by atoms with Crippen molar-refractivity contribution in [3.05, 3.63) is 35.4 Å². The molecule has 5 nitrogen and oxygen atoms in total. The number of hydrogen-bond donors (Lipinski definition) is 1. The SMILES string of the molecule is O=C1COCC(=O)N1Cc1ccc(C#CCCO)cc1. The number of imide groups is 1. The molecule has 0 saturated carbocycles. The van der Waals surface area contributed by atoms with Crippen LogP contribution in [0.25, 0.3) is 0 Å². The summed E-state index contributed by atoms with van der Waals surface area (Å²) in [5.74, 6) is 5.12. The lowest BCUT2D eigenvalue weighted by molar-refractivity contribution is -0.159. The van der Waals surface area contributed by atoms with Gasteiger partial charge in [-0.15, -0.1) is 0 Å². The summed E-state index contributed by atoms with van der Waals surface area (Å²) >= 11 is 0. The average Bonchev–Trinajstić information content (AvgIpc) is 2.45. The maximum Gasteiger partial charge on any atom is 0.255 e. The molecule has 1 saturated heterocycles. The summed E-state index contributed by atoms with van der Waals surface area (Å²) in [6, 6.07) is 7.32. The Kier molecular flexibility index (Phi) is 4.88. The van der Waals surface area contributed by atoms with Gasteiger partial charge < -0.3 is 9.84 Å². The molecule has 104 valence electrons. The Hall–Kier alpha value is -2.16. The van der Waals surface area contributed by atoms with Crippen LogP contribution < -0.4 is 0 Å². The van der Waals surface area contributed by atoms with Crippen molar-refractivity contribution in [3.8, 4) is 11.8 Å². The first kappa shape index (κ1) is 14.3. The fourth-order valence-electron chi connectivity index (χ4n) is 1.79. The molecule has 1 fully saturated rings. The number of amides is 2. The third-order valence-electron chi connectivity index (χ3n) is 2.82. The summed E-state index contributed by atoms with van der Waals surface area (Å²) < 4.78 is 4.86. The summed E-state index contributed by atoms with van der Waals surface area (Å²) in [6.07, 6.45) is 0.443.